The molecule has 0 fully saturated rings. The molecular formula is C4H7O3. The Hall–Kier alpha value is -0.570. The van der Waals surface area contributed by atoms with E-state index in [4.69, 9.17) is 5.26 Å². The Bertz CT molecular complexity index is 60.0. The van der Waals surface area contributed by atoms with Crippen LogP contribution in [0.3, 0.4) is 0 Å². The molecule has 0 atom stereocenters. The van der Waals surface area contributed by atoms with Crippen LogP contribution in [0.1, 0.15) is 13.3 Å². The summed E-state index contributed by atoms with van der Waals surface area (Å²) in [6.45, 7) is 1.71. The molecule has 1 N–H and O–H groups in total. The van der Waals surface area contributed by atoms with Crippen LogP contribution < -0.4 is 0 Å². The van der Waals surface area contributed by atoms with Crippen LogP contribution in [0.4, 0.5) is 0 Å². The molecule has 0 aliphatic rings. The van der Waals surface area contributed by atoms with Crippen molar-refractivity contribution in [2.45, 2.75) is 13.3 Å². The molecule has 1 radical (unpaired) electrons. The summed E-state index contributed by atoms with van der Waals surface area (Å²) < 4.78 is 0. The van der Waals surface area contributed by atoms with Gasteiger partial charge in [-0.05, 0) is 6.42 Å². The van der Waals surface area contributed by atoms with E-state index in [1.807, 2.05) is 0 Å². The molecule has 7 heavy (non-hydrogen) atoms. The Morgan fingerprint density at radius 1 is 2.00 bits per heavy atom. The Morgan fingerprint density at radius 2 is 2.57 bits per heavy atom. The van der Waals surface area contributed by atoms with Gasteiger partial charge in [-0.3, -0.25) is 0 Å². The molecule has 0 aliphatic heterocycles. The minimum absolute atomic E-state index is 0.163. The highest BCUT2D eigenvalue weighted by atomic mass is 17.1. The van der Waals surface area contributed by atoms with Gasteiger partial charge in [0.05, 0.1) is 6.42 Å². The Labute approximate surface area is 41.8 Å². The van der Waals surface area contributed by atoms with Gasteiger partial charge in [0.25, 0.3) is 0 Å². The van der Waals surface area contributed by atoms with Crippen LogP contribution in [0.5, 0.6) is 0 Å². The van der Waals surface area contributed by atoms with E-state index in [1.54, 1.807) is 13.3 Å². The lowest BCUT2D eigenvalue weighted by atomic mass is 10.3. The van der Waals surface area contributed by atoms with Crippen molar-refractivity contribution in [3.05, 3.63) is 6.42 Å². The maximum atomic E-state index is 9.91. The van der Waals surface area contributed by atoms with E-state index < -0.39 is 5.97 Å². The van der Waals surface area contributed by atoms with Gasteiger partial charge >= 0.3 is 5.97 Å². The average molecular weight is 103 g/mol. The molecule has 0 spiro atoms. The Morgan fingerprint density at radius 3 is 2.71 bits per heavy atom. The molecule has 0 saturated heterocycles. The number of hydrogen-bond acceptors (Lipinski definition) is 3. The van der Waals surface area contributed by atoms with E-state index in [2.05, 4.69) is 4.89 Å². The lowest BCUT2D eigenvalue weighted by Gasteiger charge is -1.87. The van der Waals surface area contributed by atoms with E-state index >= 15 is 0 Å². The second-order valence-electron chi connectivity index (χ2n) is 1.08. The van der Waals surface area contributed by atoms with Crippen LogP contribution in [0.2, 0.25) is 0 Å². The highest BCUT2D eigenvalue weighted by Gasteiger charge is 1.95. The van der Waals surface area contributed by atoms with Crippen molar-refractivity contribution in [3.8, 4) is 0 Å². The van der Waals surface area contributed by atoms with Gasteiger partial charge in [0, 0.05) is 0 Å². The van der Waals surface area contributed by atoms with E-state index in [0.717, 1.165) is 0 Å². The number of hydrogen-bond donors (Lipinski definition) is 1. The van der Waals surface area contributed by atoms with Gasteiger partial charge < -0.3 is 4.89 Å². The summed E-state index contributed by atoms with van der Waals surface area (Å²) in [4.78, 5) is 13.2. The molecule has 0 rings (SSSR count). The van der Waals surface area contributed by atoms with Crippen molar-refractivity contribution in [1.29, 1.82) is 0 Å². The summed E-state index contributed by atoms with van der Waals surface area (Å²) in [6.07, 6.45) is 1.76. The fourth-order valence-electron chi connectivity index (χ4n) is 0.204. The van der Waals surface area contributed by atoms with Crippen molar-refractivity contribution >= 4 is 5.97 Å². The topological polar surface area (TPSA) is 46.5 Å². The summed E-state index contributed by atoms with van der Waals surface area (Å²) in [5, 5.41) is 7.60. The third-order valence-electron chi connectivity index (χ3n) is 0.473. The normalized spacial score (nSPS) is 8.29. The maximum Gasteiger partial charge on any atom is 0.342 e. The molecule has 0 aromatic heterocycles. The number of carbonyl (C=O) groups excluding carboxylic acids is 1. The van der Waals surface area contributed by atoms with Gasteiger partial charge in [-0.15, -0.1) is 0 Å². The maximum absolute atomic E-state index is 9.91. The van der Waals surface area contributed by atoms with Gasteiger partial charge in [0.15, 0.2) is 0 Å². The van der Waals surface area contributed by atoms with Gasteiger partial charge in [-0.1, -0.05) is 6.92 Å². The molecule has 0 bridgehead atoms. The largest absolute Gasteiger partial charge is 0.342 e. The molecule has 0 heterocycles. The first-order valence-electron chi connectivity index (χ1n) is 1.93. The van der Waals surface area contributed by atoms with E-state index in [-0.39, 0.29) is 6.42 Å². The number of carbonyl (C=O) groups is 1. The van der Waals surface area contributed by atoms with Crippen LogP contribution in [0.15, 0.2) is 0 Å². The molecule has 3 heteroatoms. The third-order valence-corrected chi connectivity index (χ3v) is 0.473. The lowest BCUT2D eigenvalue weighted by Crippen LogP contribution is -1.98. The minimum Gasteiger partial charge on any atom is -0.301 e. The first kappa shape index (κ1) is 6.43. The molecular weight excluding hydrogens is 96.0 g/mol. The summed E-state index contributed by atoms with van der Waals surface area (Å²) in [7, 11) is 0. The SMILES string of the molecule is C[CH]CC(=O)OO. The average Bonchev–Trinajstić information content (AvgIpc) is 1.68. The summed E-state index contributed by atoms with van der Waals surface area (Å²) in [5.74, 6) is -0.623. The monoisotopic (exact) mass is 103 g/mol. The van der Waals surface area contributed by atoms with Crippen molar-refractivity contribution in [1.82, 2.24) is 0 Å². The minimum atomic E-state index is -0.623. The van der Waals surface area contributed by atoms with E-state index in [0.29, 0.717) is 0 Å². The van der Waals surface area contributed by atoms with Crippen molar-refractivity contribution in [3.63, 3.8) is 0 Å². The third kappa shape index (κ3) is 3.26. The lowest BCUT2D eigenvalue weighted by molar-refractivity contribution is -0.233. The Kier molecular flexibility index (Phi) is 3.32. The van der Waals surface area contributed by atoms with Gasteiger partial charge in [0.2, 0.25) is 0 Å². The Balaban J connectivity index is 3.00. The second kappa shape index (κ2) is 3.61. The summed E-state index contributed by atoms with van der Waals surface area (Å²) in [5.41, 5.74) is 0. The van der Waals surface area contributed by atoms with Gasteiger partial charge in [-0.25, -0.2) is 4.79 Å². The molecule has 3 nitrogen and oxygen atoms in total. The zero-order valence-electron chi connectivity index (χ0n) is 4.05. The van der Waals surface area contributed by atoms with Crippen molar-refractivity contribution < 1.29 is 14.9 Å². The second-order valence-corrected chi connectivity index (χ2v) is 1.08. The van der Waals surface area contributed by atoms with Crippen LogP contribution in [0.25, 0.3) is 0 Å². The highest BCUT2D eigenvalue weighted by molar-refractivity contribution is 5.69. The smallest absolute Gasteiger partial charge is 0.301 e. The molecule has 0 saturated carbocycles. The van der Waals surface area contributed by atoms with Gasteiger partial charge in [-0.2, -0.15) is 5.26 Å². The van der Waals surface area contributed by atoms with Crippen LogP contribution in [-0.4, -0.2) is 11.2 Å². The standard InChI is InChI=1S/C4H7O3/c1-2-3-4(5)7-6/h2,6H,3H2,1H3. The fraction of sp³-hybridized carbons (Fsp3) is 0.500. The first-order valence-corrected chi connectivity index (χ1v) is 1.93. The molecule has 0 amide bonds. The zero-order valence-corrected chi connectivity index (χ0v) is 4.05. The fourth-order valence-corrected chi connectivity index (χ4v) is 0.204. The highest BCUT2D eigenvalue weighted by Crippen LogP contribution is 1.85. The van der Waals surface area contributed by atoms with Crippen LogP contribution in [0, 0.1) is 6.42 Å². The zero-order chi connectivity index (χ0) is 5.70. The van der Waals surface area contributed by atoms with Crippen LogP contribution in [-0.2, 0) is 9.68 Å². The summed E-state index contributed by atoms with van der Waals surface area (Å²) in [6, 6.07) is 0. The quantitative estimate of drug-likeness (QED) is 0.411. The first-order chi connectivity index (χ1) is 3.31. The van der Waals surface area contributed by atoms with E-state index in [9.17, 15) is 4.79 Å². The molecule has 0 aromatic rings. The number of rotatable bonds is 2. The van der Waals surface area contributed by atoms with Crippen molar-refractivity contribution in [2.75, 3.05) is 0 Å². The predicted molar refractivity (Wildman–Crippen MR) is 23.3 cm³/mol. The van der Waals surface area contributed by atoms with Crippen LogP contribution >= 0.6 is 0 Å². The van der Waals surface area contributed by atoms with Crippen molar-refractivity contribution in [2.24, 2.45) is 0 Å². The molecule has 41 valence electrons. The molecule has 0 unspecified atom stereocenters. The van der Waals surface area contributed by atoms with E-state index in [1.165, 1.54) is 0 Å². The molecule has 0 aromatic carbocycles. The summed E-state index contributed by atoms with van der Waals surface area (Å²) >= 11 is 0. The predicted octanol–water partition coefficient (Wildman–Crippen LogP) is 0.617. The van der Waals surface area contributed by atoms with Gasteiger partial charge in [0.1, 0.15) is 0 Å². The molecule has 0 aliphatic carbocycles.